The van der Waals surface area contributed by atoms with Crippen LogP contribution in [0.15, 0.2) is 18.2 Å². The van der Waals surface area contributed by atoms with E-state index < -0.39 is 0 Å². The molecule has 0 aromatic heterocycles. The summed E-state index contributed by atoms with van der Waals surface area (Å²) >= 11 is 0. The summed E-state index contributed by atoms with van der Waals surface area (Å²) in [5.74, 6) is -0.700. The first-order valence-corrected chi connectivity index (χ1v) is 7.96. The van der Waals surface area contributed by atoms with Gasteiger partial charge in [0.15, 0.2) is 0 Å². The lowest BCUT2D eigenvalue weighted by Gasteiger charge is -2.46. The third kappa shape index (κ3) is 2.97. The van der Waals surface area contributed by atoms with Gasteiger partial charge in [0, 0.05) is 11.1 Å². The summed E-state index contributed by atoms with van der Waals surface area (Å²) in [6.07, 6.45) is 4.34. The highest BCUT2D eigenvalue weighted by Crippen LogP contribution is 2.45. The van der Waals surface area contributed by atoms with E-state index in [1.54, 1.807) is 0 Å². The second-order valence-electron chi connectivity index (χ2n) is 5.87. The van der Waals surface area contributed by atoms with Crippen LogP contribution < -0.4 is 5.32 Å². The monoisotopic (exact) mass is 296 g/mol. The van der Waals surface area contributed by atoms with Gasteiger partial charge in [-0.1, -0.05) is 26.7 Å². The zero-order valence-corrected chi connectivity index (χ0v) is 13.3. The summed E-state index contributed by atoms with van der Waals surface area (Å²) in [5.41, 5.74) is 0.332. The van der Waals surface area contributed by atoms with Crippen molar-refractivity contribution in [1.82, 2.24) is 10.2 Å². The highest BCUT2D eigenvalue weighted by atomic mass is 19.1. The Kier molecular flexibility index (Phi) is 5.33. The molecule has 0 aliphatic heterocycles. The van der Waals surface area contributed by atoms with E-state index >= 15 is 0 Å². The van der Waals surface area contributed by atoms with Crippen molar-refractivity contribution in [2.75, 3.05) is 20.1 Å². The van der Waals surface area contributed by atoms with Crippen molar-refractivity contribution in [3.8, 4) is 0 Å². The van der Waals surface area contributed by atoms with E-state index in [2.05, 4.69) is 24.1 Å². The molecule has 118 valence electrons. The number of nitrogens with one attached hydrogen (secondary N) is 1. The molecule has 1 unspecified atom stereocenters. The lowest BCUT2D eigenvalue weighted by atomic mass is 9.81. The maximum absolute atomic E-state index is 14.3. The molecule has 21 heavy (non-hydrogen) atoms. The highest BCUT2D eigenvalue weighted by molar-refractivity contribution is 5.27. The summed E-state index contributed by atoms with van der Waals surface area (Å²) in [6.45, 7) is 6.12. The molecular formula is C17H26F2N2. The summed E-state index contributed by atoms with van der Waals surface area (Å²) in [5, 5.41) is 3.27. The Balaban J connectivity index is 2.47. The Bertz CT molecular complexity index is 466. The SMILES string of the molecule is CCN(CC)C1(C(NC)c2cc(F)ccc2F)CCCC1. The van der Waals surface area contributed by atoms with Gasteiger partial charge in [0.1, 0.15) is 11.6 Å². The van der Waals surface area contributed by atoms with Crippen molar-refractivity contribution in [2.45, 2.75) is 51.1 Å². The maximum Gasteiger partial charge on any atom is 0.128 e. The quantitative estimate of drug-likeness (QED) is 0.857. The minimum Gasteiger partial charge on any atom is -0.311 e. The first kappa shape index (κ1) is 16.4. The number of nitrogens with zero attached hydrogens (tertiary/aromatic N) is 1. The zero-order chi connectivity index (χ0) is 15.5. The summed E-state index contributed by atoms with van der Waals surface area (Å²) < 4.78 is 27.9. The van der Waals surface area contributed by atoms with Gasteiger partial charge in [0.05, 0.1) is 6.04 Å². The van der Waals surface area contributed by atoms with Gasteiger partial charge in [-0.05, 0) is 51.2 Å². The molecule has 1 aromatic rings. The van der Waals surface area contributed by atoms with Crippen molar-refractivity contribution in [1.29, 1.82) is 0 Å². The molecule has 4 heteroatoms. The van der Waals surface area contributed by atoms with Crippen LogP contribution in [0.2, 0.25) is 0 Å². The average Bonchev–Trinajstić information content (AvgIpc) is 2.95. The molecule has 1 atom stereocenters. The van der Waals surface area contributed by atoms with E-state index in [9.17, 15) is 8.78 Å². The fraction of sp³-hybridized carbons (Fsp3) is 0.647. The number of rotatable bonds is 6. The number of likely N-dealkylation sites (N-methyl/N-ethyl adjacent to an activating group) is 2. The lowest BCUT2D eigenvalue weighted by Crippen LogP contribution is -2.54. The van der Waals surface area contributed by atoms with E-state index in [1.807, 2.05) is 7.05 Å². The third-order valence-electron chi connectivity index (χ3n) is 4.96. The maximum atomic E-state index is 14.3. The van der Waals surface area contributed by atoms with Crippen molar-refractivity contribution < 1.29 is 8.78 Å². The third-order valence-corrected chi connectivity index (χ3v) is 4.96. The molecule has 0 radical (unpaired) electrons. The smallest absolute Gasteiger partial charge is 0.128 e. The Hall–Kier alpha value is -1.00. The molecule has 2 rings (SSSR count). The molecule has 1 aromatic carbocycles. The Morgan fingerprint density at radius 2 is 1.81 bits per heavy atom. The summed E-state index contributed by atoms with van der Waals surface area (Å²) in [6, 6.07) is 3.58. The van der Waals surface area contributed by atoms with Gasteiger partial charge >= 0.3 is 0 Å². The Morgan fingerprint density at radius 1 is 1.19 bits per heavy atom. The van der Waals surface area contributed by atoms with Gasteiger partial charge in [0.2, 0.25) is 0 Å². The van der Waals surface area contributed by atoms with Crippen molar-refractivity contribution in [2.24, 2.45) is 0 Å². The number of hydrogen-bond donors (Lipinski definition) is 1. The average molecular weight is 296 g/mol. The molecule has 0 heterocycles. The lowest BCUT2D eigenvalue weighted by molar-refractivity contribution is 0.0641. The first-order valence-electron chi connectivity index (χ1n) is 7.96. The summed E-state index contributed by atoms with van der Waals surface area (Å²) in [4.78, 5) is 2.41. The molecule has 1 saturated carbocycles. The van der Waals surface area contributed by atoms with E-state index in [1.165, 1.54) is 18.2 Å². The van der Waals surface area contributed by atoms with Crippen molar-refractivity contribution in [3.05, 3.63) is 35.4 Å². The van der Waals surface area contributed by atoms with Gasteiger partial charge in [-0.3, -0.25) is 4.90 Å². The van der Waals surface area contributed by atoms with Crippen LogP contribution in [-0.4, -0.2) is 30.6 Å². The van der Waals surface area contributed by atoms with Crippen LogP contribution in [0.25, 0.3) is 0 Å². The van der Waals surface area contributed by atoms with E-state index in [0.717, 1.165) is 38.8 Å². The molecule has 1 fully saturated rings. The second-order valence-corrected chi connectivity index (χ2v) is 5.87. The van der Waals surface area contributed by atoms with E-state index in [-0.39, 0.29) is 23.2 Å². The van der Waals surface area contributed by atoms with Gasteiger partial charge in [-0.25, -0.2) is 8.78 Å². The molecule has 0 saturated heterocycles. The topological polar surface area (TPSA) is 15.3 Å². The fourth-order valence-corrected chi connectivity index (χ4v) is 4.08. The Labute approximate surface area is 126 Å². The van der Waals surface area contributed by atoms with Gasteiger partial charge in [0.25, 0.3) is 0 Å². The zero-order valence-electron chi connectivity index (χ0n) is 13.3. The van der Waals surface area contributed by atoms with Crippen LogP contribution in [-0.2, 0) is 0 Å². The normalized spacial score (nSPS) is 19.1. The largest absolute Gasteiger partial charge is 0.311 e. The van der Waals surface area contributed by atoms with E-state index in [0.29, 0.717) is 5.56 Å². The second kappa shape index (κ2) is 6.84. The molecule has 0 bridgehead atoms. The number of benzene rings is 1. The molecule has 0 spiro atoms. The molecule has 1 N–H and O–H groups in total. The van der Waals surface area contributed by atoms with Crippen molar-refractivity contribution in [3.63, 3.8) is 0 Å². The molecule has 1 aliphatic rings. The predicted octanol–water partition coefficient (Wildman–Crippen LogP) is 3.88. The van der Waals surface area contributed by atoms with Gasteiger partial charge < -0.3 is 5.32 Å². The van der Waals surface area contributed by atoms with Crippen LogP contribution in [0.5, 0.6) is 0 Å². The molecule has 1 aliphatic carbocycles. The number of hydrogen-bond acceptors (Lipinski definition) is 2. The van der Waals surface area contributed by atoms with E-state index in [4.69, 9.17) is 0 Å². The Morgan fingerprint density at radius 3 is 2.33 bits per heavy atom. The predicted molar refractivity (Wildman–Crippen MR) is 82.3 cm³/mol. The molecule has 2 nitrogen and oxygen atoms in total. The van der Waals surface area contributed by atoms with Crippen LogP contribution in [0.4, 0.5) is 8.78 Å². The standard InChI is InChI=1S/C17H26F2N2/c1-4-21(5-2)17(10-6-7-11-17)16(20-3)14-12-13(18)8-9-15(14)19/h8-9,12,16,20H,4-7,10-11H2,1-3H3. The number of halogens is 2. The minimum atomic E-state index is -0.376. The van der Waals surface area contributed by atoms with Crippen LogP contribution in [0.3, 0.4) is 0 Å². The highest BCUT2D eigenvalue weighted by Gasteiger charge is 2.45. The minimum absolute atomic E-state index is 0.118. The van der Waals surface area contributed by atoms with Crippen LogP contribution in [0, 0.1) is 11.6 Å². The van der Waals surface area contributed by atoms with Gasteiger partial charge in [-0.2, -0.15) is 0 Å². The van der Waals surface area contributed by atoms with Crippen molar-refractivity contribution >= 4 is 0 Å². The van der Waals surface area contributed by atoms with Crippen LogP contribution >= 0.6 is 0 Å². The summed E-state index contributed by atoms with van der Waals surface area (Å²) in [7, 11) is 1.85. The van der Waals surface area contributed by atoms with Gasteiger partial charge in [-0.15, -0.1) is 0 Å². The molecular weight excluding hydrogens is 270 g/mol. The molecule has 0 amide bonds. The fourth-order valence-electron chi connectivity index (χ4n) is 4.08. The first-order chi connectivity index (χ1) is 10.1. The van der Waals surface area contributed by atoms with Crippen LogP contribution in [0.1, 0.15) is 51.1 Å².